The highest BCUT2D eigenvalue weighted by atomic mass is 31.2. The molecule has 0 aromatic carbocycles. The van der Waals surface area contributed by atoms with Gasteiger partial charge in [0.05, 0.1) is 32.0 Å². The quantitative estimate of drug-likeness (QED) is 0.0179. The number of carbonyl (C=O) groups excluding carboxylic acids is 2. The van der Waals surface area contributed by atoms with Crippen molar-refractivity contribution in [2.75, 3.05) is 26.4 Å². The van der Waals surface area contributed by atoms with Gasteiger partial charge in [-0.05, 0) is 57.3 Å². The van der Waals surface area contributed by atoms with E-state index in [9.17, 15) is 24.2 Å². The molecule has 1 saturated heterocycles. The summed E-state index contributed by atoms with van der Waals surface area (Å²) < 4.78 is 38.3. The van der Waals surface area contributed by atoms with Crippen LogP contribution >= 0.6 is 7.82 Å². The zero-order chi connectivity index (χ0) is 41.8. The molecule has 3 N–H and O–H groups in total. The molecule has 1 heterocycles. The molecule has 1 aliphatic rings. The van der Waals surface area contributed by atoms with Gasteiger partial charge in [-0.3, -0.25) is 18.6 Å². The topological polar surface area (TPSA) is 161 Å². The Morgan fingerprint density at radius 2 is 1.21 bits per heavy atom. The number of aliphatic hydroxyl groups excluding tert-OH is 2. The van der Waals surface area contributed by atoms with Crippen molar-refractivity contribution >= 4 is 19.8 Å². The summed E-state index contributed by atoms with van der Waals surface area (Å²) in [6.45, 7) is 4.50. The van der Waals surface area contributed by atoms with Crippen molar-refractivity contribution < 1.29 is 52.5 Å². The van der Waals surface area contributed by atoms with E-state index in [4.69, 9.17) is 23.8 Å². The third-order valence-electron chi connectivity index (χ3n) is 9.64. The van der Waals surface area contributed by atoms with Crippen LogP contribution in [0.5, 0.6) is 0 Å². The van der Waals surface area contributed by atoms with Crippen molar-refractivity contribution in [2.45, 2.75) is 180 Å². The number of ether oxygens (including phenoxy) is 3. The molecule has 0 aliphatic carbocycles. The fourth-order valence-electron chi connectivity index (χ4n) is 5.80. The van der Waals surface area contributed by atoms with Crippen LogP contribution in [0, 0.1) is 5.92 Å². The molecule has 57 heavy (non-hydrogen) atoms. The Morgan fingerprint density at radius 3 is 1.79 bits per heavy atom. The first-order chi connectivity index (χ1) is 27.6. The van der Waals surface area contributed by atoms with E-state index in [2.05, 4.69) is 73.9 Å². The Labute approximate surface area is 344 Å². The first-order valence-corrected chi connectivity index (χ1v) is 23.3. The van der Waals surface area contributed by atoms with Crippen LogP contribution in [0.1, 0.15) is 156 Å². The molecule has 6 atom stereocenters. The standard InChI is InChI=1S/C45H77O11P/c1-4-6-25-31-42-43(56-42)32-27-22-18-14-9-7-8-10-16-20-24-29-34-45(49)55-41(38-54-57(50,51)53-36-40(47)35-46)37-52-44(48)33-28-23-19-15-12-11-13-17-21-26-30-39(3)5-2/h6,8-10,14,20,22,24-25,27,39-43,46-47H,4-5,7,11-13,15-19,21,23,26,28-38H2,1-3H3,(H,50,51)/b10-8-,14-9-,24-20-,25-6-,27-22-/t39?,40-,41+,42?,43?/m0/s1. The van der Waals surface area contributed by atoms with Crippen LogP contribution < -0.4 is 0 Å². The maximum atomic E-state index is 12.6. The summed E-state index contributed by atoms with van der Waals surface area (Å²) >= 11 is 0. The van der Waals surface area contributed by atoms with Gasteiger partial charge in [0.15, 0.2) is 6.10 Å². The van der Waals surface area contributed by atoms with Crippen molar-refractivity contribution in [2.24, 2.45) is 5.92 Å². The van der Waals surface area contributed by atoms with Crippen molar-refractivity contribution in [3.63, 3.8) is 0 Å². The van der Waals surface area contributed by atoms with Gasteiger partial charge in [0.25, 0.3) is 0 Å². The molecule has 12 heteroatoms. The van der Waals surface area contributed by atoms with Gasteiger partial charge in [-0.25, -0.2) is 4.57 Å². The Kier molecular flexibility index (Phi) is 32.8. The van der Waals surface area contributed by atoms with E-state index in [0.29, 0.717) is 25.0 Å². The molecule has 0 radical (unpaired) electrons. The van der Waals surface area contributed by atoms with E-state index in [0.717, 1.165) is 63.7 Å². The molecule has 0 aromatic rings. The smallest absolute Gasteiger partial charge is 0.462 e. The maximum absolute atomic E-state index is 12.6. The largest absolute Gasteiger partial charge is 0.472 e. The summed E-state index contributed by atoms with van der Waals surface area (Å²) in [6, 6.07) is 0. The predicted octanol–water partition coefficient (Wildman–Crippen LogP) is 10.3. The number of hydrogen-bond donors (Lipinski definition) is 3. The van der Waals surface area contributed by atoms with Crippen molar-refractivity contribution in [3.05, 3.63) is 60.8 Å². The third kappa shape index (κ3) is 33.2. The number of unbranched alkanes of at least 4 members (excludes halogenated alkanes) is 9. The van der Waals surface area contributed by atoms with Crippen LogP contribution in [0.25, 0.3) is 0 Å². The first kappa shape index (κ1) is 52.6. The number of carbonyl (C=O) groups is 2. The lowest BCUT2D eigenvalue weighted by molar-refractivity contribution is -0.161. The summed E-state index contributed by atoms with van der Waals surface area (Å²) in [5.74, 6) is -0.195. The lowest BCUT2D eigenvalue weighted by Gasteiger charge is -2.20. The normalized spacial score (nSPS) is 18.6. The van der Waals surface area contributed by atoms with Crippen LogP contribution in [-0.2, 0) is 37.4 Å². The van der Waals surface area contributed by atoms with Gasteiger partial charge in [-0.2, -0.15) is 0 Å². The zero-order valence-corrected chi connectivity index (χ0v) is 36.3. The molecule has 1 fully saturated rings. The molecule has 328 valence electrons. The molecule has 0 amide bonds. The van der Waals surface area contributed by atoms with E-state index < -0.39 is 51.8 Å². The Balaban J connectivity index is 2.31. The van der Waals surface area contributed by atoms with Crippen LogP contribution in [0.3, 0.4) is 0 Å². The number of allylic oxidation sites excluding steroid dienone is 8. The number of phosphoric acid groups is 1. The molecular weight excluding hydrogens is 747 g/mol. The minimum absolute atomic E-state index is 0.0541. The van der Waals surface area contributed by atoms with E-state index in [1.54, 1.807) is 0 Å². The Hall–Kier alpha value is -2.37. The second-order valence-electron chi connectivity index (χ2n) is 15.0. The van der Waals surface area contributed by atoms with Crippen LogP contribution in [0.15, 0.2) is 60.8 Å². The van der Waals surface area contributed by atoms with E-state index in [-0.39, 0.29) is 19.4 Å². The first-order valence-electron chi connectivity index (χ1n) is 21.8. The van der Waals surface area contributed by atoms with Gasteiger partial charge in [-0.1, -0.05) is 152 Å². The minimum Gasteiger partial charge on any atom is -0.462 e. The second kappa shape index (κ2) is 35.6. The summed E-state index contributed by atoms with van der Waals surface area (Å²) in [4.78, 5) is 35.0. The fourth-order valence-corrected chi connectivity index (χ4v) is 6.59. The number of rotatable bonds is 38. The van der Waals surface area contributed by atoms with Gasteiger partial charge in [-0.15, -0.1) is 0 Å². The molecule has 1 rings (SSSR count). The molecule has 11 nitrogen and oxygen atoms in total. The highest BCUT2D eigenvalue weighted by Gasteiger charge is 2.36. The number of esters is 2. The number of phosphoric ester groups is 1. The fraction of sp³-hybridized carbons (Fsp3) is 0.733. The number of aliphatic hydroxyl groups is 2. The molecule has 1 aliphatic heterocycles. The lowest BCUT2D eigenvalue weighted by Crippen LogP contribution is -2.29. The second-order valence-corrected chi connectivity index (χ2v) is 16.4. The van der Waals surface area contributed by atoms with Gasteiger partial charge in [0.2, 0.25) is 0 Å². The average Bonchev–Trinajstić information content (AvgIpc) is 3.95. The molecule has 4 unspecified atom stereocenters. The average molecular weight is 825 g/mol. The lowest BCUT2D eigenvalue weighted by atomic mass is 9.99. The molecule has 0 spiro atoms. The van der Waals surface area contributed by atoms with Gasteiger partial charge < -0.3 is 29.3 Å². The summed E-state index contributed by atoms with van der Waals surface area (Å²) in [5, 5.41) is 18.3. The summed E-state index contributed by atoms with van der Waals surface area (Å²) in [7, 11) is -4.64. The molecule has 0 aromatic heterocycles. The summed E-state index contributed by atoms with van der Waals surface area (Å²) in [6.07, 6.45) is 39.6. The Morgan fingerprint density at radius 1 is 0.684 bits per heavy atom. The van der Waals surface area contributed by atoms with Gasteiger partial charge in [0, 0.05) is 12.8 Å². The molecular formula is C45H77O11P. The van der Waals surface area contributed by atoms with Crippen LogP contribution in [-0.4, -0.2) is 77.9 Å². The van der Waals surface area contributed by atoms with E-state index in [1.807, 2.05) is 12.2 Å². The van der Waals surface area contributed by atoms with Crippen molar-refractivity contribution in [3.8, 4) is 0 Å². The van der Waals surface area contributed by atoms with Crippen LogP contribution in [0.2, 0.25) is 0 Å². The number of hydrogen-bond acceptors (Lipinski definition) is 10. The van der Waals surface area contributed by atoms with Gasteiger partial charge >= 0.3 is 19.8 Å². The van der Waals surface area contributed by atoms with Crippen LogP contribution in [0.4, 0.5) is 0 Å². The Bertz CT molecular complexity index is 1210. The predicted molar refractivity (Wildman–Crippen MR) is 227 cm³/mol. The van der Waals surface area contributed by atoms with Gasteiger partial charge in [0.1, 0.15) is 12.7 Å². The zero-order valence-electron chi connectivity index (χ0n) is 35.4. The van der Waals surface area contributed by atoms with Crippen molar-refractivity contribution in [1.29, 1.82) is 0 Å². The monoisotopic (exact) mass is 825 g/mol. The highest BCUT2D eigenvalue weighted by molar-refractivity contribution is 7.47. The van der Waals surface area contributed by atoms with E-state index in [1.165, 1.54) is 51.4 Å². The maximum Gasteiger partial charge on any atom is 0.472 e. The highest BCUT2D eigenvalue weighted by Crippen LogP contribution is 2.43. The summed E-state index contributed by atoms with van der Waals surface area (Å²) in [5.41, 5.74) is 0. The SMILES string of the molecule is CC/C=C\CC1OC1C/C=C\C/C=C\C/C=C\C/C=C\CCC(=O)O[C@H](COC(=O)CCCCCCCCCCCCC(C)CC)COP(=O)(O)OC[C@@H](O)CO. The van der Waals surface area contributed by atoms with E-state index >= 15 is 0 Å². The number of epoxide rings is 1. The van der Waals surface area contributed by atoms with Crippen molar-refractivity contribution in [1.82, 2.24) is 0 Å². The molecule has 0 bridgehead atoms. The third-order valence-corrected chi connectivity index (χ3v) is 10.6. The minimum atomic E-state index is -4.64. The molecule has 0 saturated carbocycles.